The maximum atomic E-state index is 11.1. The van der Waals surface area contributed by atoms with Gasteiger partial charge in [-0.25, -0.2) is 0 Å². The number of ether oxygens (including phenoxy) is 2. The van der Waals surface area contributed by atoms with Crippen molar-refractivity contribution in [2.45, 2.75) is 40.0 Å². The van der Waals surface area contributed by atoms with Crippen LogP contribution < -0.4 is 4.74 Å². The van der Waals surface area contributed by atoms with Crippen molar-refractivity contribution in [1.82, 2.24) is 0 Å². The van der Waals surface area contributed by atoms with Crippen molar-refractivity contribution in [3.05, 3.63) is 28.8 Å². The predicted molar refractivity (Wildman–Crippen MR) is 72.0 cm³/mol. The summed E-state index contributed by atoms with van der Waals surface area (Å²) in [7, 11) is 1.42. The van der Waals surface area contributed by atoms with Crippen LogP contribution in [0.4, 0.5) is 0 Å². The van der Waals surface area contributed by atoms with Gasteiger partial charge in [0, 0.05) is 6.42 Å². The predicted octanol–water partition coefficient (Wildman–Crippen LogP) is 3.20. The molecule has 0 radical (unpaired) electrons. The lowest BCUT2D eigenvalue weighted by Crippen LogP contribution is -2.04. The standard InChI is InChI=1S/C15H22O3/c1-5-8-18-14-10-11(2)13(9-12(14)3)6-7-15(16)17-4/h9-10H,5-8H2,1-4H3. The highest BCUT2D eigenvalue weighted by atomic mass is 16.5. The second-order valence-electron chi connectivity index (χ2n) is 4.47. The van der Waals surface area contributed by atoms with Crippen molar-refractivity contribution < 1.29 is 14.3 Å². The summed E-state index contributed by atoms with van der Waals surface area (Å²) in [6, 6.07) is 4.15. The average Bonchev–Trinajstić information content (AvgIpc) is 2.37. The lowest BCUT2D eigenvalue weighted by atomic mass is 10.0. The van der Waals surface area contributed by atoms with E-state index in [1.54, 1.807) is 0 Å². The molecular weight excluding hydrogens is 228 g/mol. The molecule has 0 aliphatic heterocycles. The molecule has 100 valence electrons. The van der Waals surface area contributed by atoms with Gasteiger partial charge >= 0.3 is 5.97 Å². The number of methoxy groups -OCH3 is 1. The maximum absolute atomic E-state index is 11.1. The average molecular weight is 250 g/mol. The number of aryl methyl sites for hydroxylation is 3. The molecule has 1 aromatic rings. The van der Waals surface area contributed by atoms with Gasteiger partial charge in [-0.05, 0) is 49.4 Å². The molecule has 0 aromatic heterocycles. The first-order chi connectivity index (χ1) is 8.58. The minimum absolute atomic E-state index is 0.168. The van der Waals surface area contributed by atoms with Crippen LogP contribution >= 0.6 is 0 Å². The lowest BCUT2D eigenvalue weighted by molar-refractivity contribution is -0.140. The van der Waals surface area contributed by atoms with Crippen LogP contribution in [0.1, 0.15) is 36.5 Å². The lowest BCUT2D eigenvalue weighted by Gasteiger charge is -2.12. The Bertz CT molecular complexity index is 410. The molecule has 0 spiro atoms. The zero-order valence-electron chi connectivity index (χ0n) is 11.7. The van der Waals surface area contributed by atoms with Gasteiger partial charge in [-0.1, -0.05) is 13.0 Å². The summed E-state index contributed by atoms with van der Waals surface area (Å²) in [5.74, 6) is 0.773. The van der Waals surface area contributed by atoms with Gasteiger partial charge < -0.3 is 9.47 Å². The second kappa shape index (κ2) is 7.04. The molecule has 18 heavy (non-hydrogen) atoms. The highest BCUT2D eigenvalue weighted by molar-refractivity contribution is 5.69. The summed E-state index contributed by atoms with van der Waals surface area (Å²) in [4.78, 5) is 11.1. The van der Waals surface area contributed by atoms with Crippen LogP contribution in [0.3, 0.4) is 0 Å². The SMILES string of the molecule is CCCOc1cc(C)c(CCC(=O)OC)cc1C. The number of carbonyl (C=O) groups is 1. The Morgan fingerprint density at radius 3 is 2.56 bits per heavy atom. The summed E-state index contributed by atoms with van der Waals surface area (Å²) in [5, 5.41) is 0. The van der Waals surface area contributed by atoms with E-state index in [0.717, 1.165) is 29.9 Å². The van der Waals surface area contributed by atoms with Crippen molar-refractivity contribution in [2.75, 3.05) is 13.7 Å². The van der Waals surface area contributed by atoms with E-state index in [4.69, 9.17) is 4.74 Å². The van der Waals surface area contributed by atoms with E-state index in [0.29, 0.717) is 12.8 Å². The number of carbonyl (C=O) groups excluding carboxylic acids is 1. The van der Waals surface area contributed by atoms with E-state index >= 15 is 0 Å². The van der Waals surface area contributed by atoms with Crippen molar-refractivity contribution >= 4 is 5.97 Å². The Kier molecular flexibility index (Phi) is 5.69. The molecule has 0 N–H and O–H groups in total. The normalized spacial score (nSPS) is 10.2. The van der Waals surface area contributed by atoms with Crippen molar-refractivity contribution in [3.63, 3.8) is 0 Å². The Labute approximate surface area is 109 Å². The van der Waals surface area contributed by atoms with Gasteiger partial charge in [-0.15, -0.1) is 0 Å². The van der Waals surface area contributed by atoms with Crippen LogP contribution in [0, 0.1) is 13.8 Å². The number of esters is 1. The summed E-state index contributed by atoms with van der Waals surface area (Å²) in [5.41, 5.74) is 3.46. The van der Waals surface area contributed by atoms with Crippen molar-refractivity contribution in [1.29, 1.82) is 0 Å². The van der Waals surface area contributed by atoms with E-state index < -0.39 is 0 Å². The van der Waals surface area contributed by atoms with Gasteiger partial charge in [0.25, 0.3) is 0 Å². The van der Waals surface area contributed by atoms with Crippen LogP contribution in [-0.2, 0) is 16.0 Å². The van der Waals surface area contributed by atoms with Gasteiger partial charge in [0.15, 0.2) is 0 Å². The first kappa shape index (κ1) is 14.6. The molecule has 3 nitrogen and oxygen atoms in total. The van der Waals surface area contributed by atoms with Crippen LogP contribution in [0.5, 0.6) is 5.75 Å². The largest absolute Gasteiger partial charge is 0.493 e. The monoisotopic (exact) mass is 250 g/mol. The Morgan fingerprint density at radius 1 is 1.22 bits per heavy atom. The smallest absolute Gasteiger partial charge is 0.305 e. The Balaban J connectivity index is 2.76. The van der Waals surface area contributed by atoms with Gasteiger partial charge in [0.1, 0.15) is 5.75 Å². The van der Waals surface area contributed by atoms with E-state index in [2.05, 4.69) is 23.8 Å². The molecule has 0 aliphatic rings. The molecule has 0 unspecified atom stereocenters. The fourth-order valence-electron chi connectivity index (χ4n) is 1.83. The fraction of sp³-hybridized carbons (Fsp3) is 0.533. The third-order valence-electron chi connectivity index (χ3n) is 2.92. The highest BCUT2D eigenvalue weighted by Gasteiger charge is 2.08. The molecule has 1 rings (SSSR count). The number of rotatable bonds is 6. The number of hydrogen-bond donors (Lipinski definition) is 0. The molecule has 0 heterocycles. The summed E-state index contributed by atoms with van der Waals surface area (Å²) < 4.78 is 10.3. The second-order valence-corrected chi connectivity index (χ2v) is 4.47. The third kappa shape index (κ3) is 4.06. The van der Waals surface area contributed by atoms with Crippen LogP contribution in [0.25, 0.3) is 0 Å². The summed E-state index contributed by atoms with van der Waals surface area (Å²) >= 11 is 0. The van der Waals surface area contributed by atoms with Gasteiger partial charge in [-0.2, -0.15) is 0 Å². The molecule has 3 heteroatoms. The van der Waals surface area contributed by atoms with Crippen LogP contribution in [0.15, 0.2) is 12.1 Å². The minimum atomic E-state index is -0.168. The van der Waals surface area contributed by atoms with E-state index in [1.807, 2.05) is 13.8 Å². The third-order valence-corrected chi connectivity index (χ3v) is 2.92. The topological polar surface area (TPSA) is 35.5 Å². The minimum Gasteiger partial charge on any atom is -0.493 e. The zero-order chi connectivity index (χ0) is 13.5. The molecule has 0 amide bonds. The van der Waals surface area contributed by atoms with E-state index in [1.165, 1.54) is 12.7 Å². The molecular formula is C15H22O3. The molecule has 0 bridgehead atoms. The van der Waals surface area contributed by atoms with Gasteiger partial charge in [0.2, 0.25) is 0 Å². The molecule has 0 saturated carbocycles. The zero-order valence-corrected chi connectivity index (χ0v) is 11.7. The van der Waals surface area contributed by atoms with Gasteiger partial charge in [-0.3, -0.25) is 4.79 Å². The van der Waals surface area contributed by atoms with Crippen LogP contribution in [-0.4, -0.2) is 19.7 Å². The van der Waals surface area contributed by atoms with Crippen LogP contribution in [0.2, 0.25) is 0 Å². The molecule has 0 atom stereocenters. The Hall–Kier alpha value is -1.51. The molecule has 1 aromatic carbocycles. The molecule has 0 saturated heterocycles. The first-order valence-corrected chi connectivity index (χ1v) is 6.38. The van der Waals surface area contributed by atoms with Crippen molar-refractivity contribution in [2.24, 2.45) is 0 Å². The van der Waals surface area contributed by atoms with E-state index in [-0.39, 0.29) is 5.97 Å². The van der Waals surface area contributed by atoms with E-state index in [9.17, 15) is 4.79 Å². The Morgan fingerprint density at radius 2 is 1.94 bits per heavy atom. The summed E-state index contributed by atoms with van der Waals surface area (Å²) in [6.07, 6.45) is 2.14. The molecule has 0 fully saturated rings. The van der Waals surface area contributed by atoms with Crippen molar-refractivity contribution in [3.8, 4) is 5.75 Å². The van der Waals surface area contributed by atoms with Gasteiger partial charge in [0.05, 0.1) is 13.7 Å². The first-order valence-electron chi connectivity index (χ1n) is 6.38. The molecule has 0 aliphatic carbocycles. The number of benzene rings is 1. The maximum Gasteiger partial charge on any atom is 0.305 e. The highest BCUT2D eigenvalue weighted by Crippen LogP contribution is 2.24. The summed E-state index contributed by atoms with van der Waals surface area (Å²) in [6.45, 7) is 6.91. The number of hydrogen-bond acceptors (Lipinski definition) is 3. The fourth-order valence-corrected chi connectivity index (χ4v) is 1.83. The quantitative estimate of drug-likeness (QED) is 0.727.